The van der Waals surface area contributed by atoms with Crippen LogP contribution in [0.3, 0.4) is 0 Å². The average Bonchev–Trinajstić information content (AvgIpc) is 2.83. The van der Waals surface area contributed by atoms with Gasteiger partial charge in [0.1, 0.15) is 11.5 Å². The van der Waals surface area contributed by atoms with Gasteiger partial charge in [-0.2, -0.15) is 0 Å². The van der Waals surface area contributed by atoms with Gasteiger partial charge in [0, 0.05) is 12.0 Å². The van der Waals surface area contributed by atoms with Crippen LogP contribution in [-0.4, -0.2) is 18.5 Å². The molecular weight excluding hydrogens is 228 g/mol. The van der Waals surface area contributed by atoms with E-state index in [4.69, 9.17) is 4.42 Å². The van der Waals surface area contributed by atoms with Gasteiger partial charge in [-0.1, -0.05) is 6.92 Å². The summed E-state index contributed by atoms with van der Waals surface area (Å²) in [7, 11) is 0. The molecule has 1 heterocycles. The molecule has 1 aliphatic carbocycles. The third-order valence-corrected chi connectivity index (χ3v) is 3.19. The van der Waals surface area contributed by atoms with Crippen LogP contribution in [0.1, 0.15) is 44.6 Å². The minimum absolute atomic E-state index is 0.0209. The molecular formula is C14H22N2O2. The summed E-state index contributed by atoms with van der Waals surface area (Å²) < 4.78 is 5.75. The minimum Gasteiger partial charge on any atom is -0.464 e. The number of amides is 1. The summed E-state index contributed by atoms with van der Waals surface area (Å²) in [5.41, 5.74) is 0. The van der Waals surface area contributed by atoms with Crippen molar-refractivity contribution in [3.8, 4) is 0 Å². The van der Waals surface area contributed by atoms with E-state index in [1.165, 1.54) is 6.42 Å². The first-order valence-corrected chi connectivity index (χ1v) is 6.65. The van der Waals surface area contributed by atoms with Crippen LogP contribution in [0, 0.1) is 5.92 Å². The summed E-state index contributed by atoms with van der Waals surface area (Å²) in [6, 6.07) is 4.23. The molecule has 1 aromatic heterocycles. The summed E-state index contributed by atoms with van der Waals surface area (Å²) in [6.45, 7) is 7.07. The lowest BCUT2D eigenvalue weighted by atomic mass is 10.3. The Balaban J connectivity index is 1.70. The Morgan fingerprint density at radius 2 is 2.22 bits per heavy atom. The molecule has 1 fully saturated rings. The molecule has 1 saturated carbocycles. The third kappa shape index (κ3) is 3.60. The van der Waals surface area contributed by atoms with Gasteiger partial charge in [0.25, 0.3) is 0 Å². The van der Waals surface area contributed by atoms with Gasteiger partial charge >= 0.3 is 0 Å². The zero-order chi connectivity index (χ0) is 13.1. The smallest absolute Gasteiger partial charge is 0.234 e. The third-order valence-electron chi connectivity index (χ3n) is 3.19. The van der Waals surface area contributed by atoms with Crippen molar-refractivity contribution in [1.82, 2.24) is 10.6 Å². The van der Waals surface area contributed by atoms with Crippen molar-refractivity contribution in [1.29, 1.82) is 0 Å². The summed E-state index contributed by atoms with van der Waals surface area (Å²) in [4.78, 5) is 11.4. The van der Waals surface area contributed by atoms with Crippen molar-refractivity contribution in [2.75, 3.05) is 6.54 Å². The van der Waals surface area contributed by atoms with E-state index in [0.29, 0.717) is 19.0 Å². The first-order chi connectivity index (χ1) is 8.56. The summed E-state index contributed by atoms with van der Waals surface area (Å²) in [5, 5.41) is 5.92. The van der Waals surface area contributed by atoms with E-state index in [-0.39, 0.29) is 11.9 Å². The number of carbonyl (C=O) groups excluding carboxylic acids is 1. The molecule has 2 N–H and O–H groups in total. The lowest BCUT2D eigenvalue weighted by Gasteiger charge is -2.08. The molecule has 1 aromatic rings. The first kappa shape index (κ1) is 13.1. The van der Waals surface area contributed by atoms with Crippen molar-refractivity contribution in [3.05, 3.63) is 23.7 Å². The van der Waals surface area contributed by atoms with Crippen molar-refractivity contribution >= 4 is 5.91 Å². The van der Waals surface area contributed by atoms with E-state index < -0.39 is 0 Å². The average molecular weight is 250 g/mol. The molecule has 2 atom stereocenters. The van der Waals surface area contributed by atoms with Crippen LogP contribution in [0.25, 0.3) is 0 Å². The number of carbonyl (C=O) groups is 1. The molecule has 4 nitrogen and oxygen atoms in total. The Morgan fingerprint density at radius 3 is 2.83 bits per heavy atom. The molecule has 18 heavy (non-hydrogen) atoms. The fraction of sp³-hybridized carbons (Fsp3) is 0.643. The first-order valence-electron chi connectivity index (χ1n) is 6.65. The highest BCUT2D eigenvalue weighted by atomic mass is 16.3. The Labute approximate surface area is 108 Å². The minimum atomic E-state index is 0.0209. The van der Waals surface area contributed by atoms with Crippen LogP contribution in [0.5, 0.6) is 0 Å². The van der Waals surface area contributed by atoms with Gasteiger partial charge in [-0.25, -0.2) is 0 Å². The lowest BCUT2D eigenvalue weighted by Crippen LogP contribution is -2.37. The van der Waals surface area contributed by atoms with Gasteiger partial charge in [0.2, 0.25) is 5.91 Å². The zero-order valence-corrected chi connectivity index (χ0v) is 11.3. The maximum absolute atomic E-state index is 11.4. The van der Waals surface area contributed by atoms with Gasteiger partial charge in [-0.3, -0.25) is 4.79 Å². The van der Waals surface area contributed by atoms with E-state index >= 15 is 0 Å². The Morgan fingerprint density at radius 1 is 1.50 bits per heavy atom. The molecule has 2 rings (SSSR count). The SMILES string of the molecule is CC(C)NC(=O)CNCc1ccc(C2CC2C)o1. The van der Waals surface area contributed by atoms with E-state index in [1.54, 1.807) is 0 Å². The largest absolute Gasteiger partial charge is 0.464 e. The molecule has 0 radical (unpaired) electrons. The summed E-state index contributed by atoms with van der Waals surface area (Å²) >= 11 is 0. The standard InChI is InChI=1S/C14H22N2O2/c1-9(2)16-14(17)8-15-7-11-4-5-13(18-11)12-6-10(12)3/h4-5,9-10,12,15H,6-8H2,1-3H3,(H,16,17). The van der Waals surface area contributed by atoms with Crippen LogP contribution in [0.2, 0.25) is 0 Å². The fourth-order valence-electron chi connectivity index (χ4n) is 2.08. The predicted molar refractivity (Wildman–Crippen MR) is 70.2 cm³/mol. The molecule has 4 heteroatoms. The normalized spacial score (nSPS) is 22.2. The highest BCUT2D eigenvalue weighted by molar-refractivity contribution is 5.78. The second-order valence-electron chi connectivity index (χ2n) is 5.45. The number of furan rings is 1. The number of hydrogen-bond donors (Lipinski definition) is 2. The Hall–Kier alpha value is -1.29. The molecule has 1 amide bonds. The molecule has 0 saturated heterocycles. The van der Waals surface area contributed by atoms with E-state index in [2.05, 4.69) is 23.6 Å². The van der Waals surface area contributed by atoms with Crippen LogP contribution in [0.15, 0.2) is 16.5 Å². The lowest BCUT2D eigenvalue weighted by molar-refractivity contribution is -0.120. The molecule has 100 valence electrons. The molecule has 1 aliphatic rings. The highest BCUT2D eigenvalue weighted by Gasteiger charge is 2.36. The van der Waals surface area contributed by atoms with Crippen LogP contribution in [0.4, 0.5) is 0 Å². The Bertz CT molecular complexity index is 412. The quantitative estimate of drug-likeness (QED) is 0.812. The number of nitrogens with one attached hydrogen (secondary N) is 2. The second kappa shape index (κ2) is 5.57. The van der Waals surface area contributed by atoms with Gasteiger partial charge in [0.15, 0.2) is 0 Å². The molecule has 0 aromatic carbocycles. The highest BCUT2D eigenvalue weighted by Crippen LogP contribution is 2.47. The van der Waals surface area contributed by atoms with E-state index in [0.717, 1.165) is 17.4 Å². The van der Waals surface area contributed by atoms with Crippen molar-refractivity contribution in [2.45, 2.75) is 45.7 Å². The topological polar surface area (TPSA) is 54.3 Å². The van der Waals surface area contributed by atoms with Crippen molar-refractivity contribution < 1.29 is 9.21 Å². The zero-order valence-electron chi connectivity index (χ0n) is 11.3. The van der Waals surface area contributed by atoms with Crippen LogP contribution >= 0.6 is 0 Å². The van der Waals surface area contributed by atoms with Gasteiger partial charge in [-0.15, -0.1) is 0 Å². The van der Waals surface area contributed by atoms with Crippen LogP contribution < -0.4 is 10.6 Å². The molecule has 0 aliphatic heterocycles. The van der Waals surface area contributed by atoms with E-state index in [1.807, 2.05) is 19.9 Å². The summed E-state index contributed by atoms with van der Waals surface area (Å²) in [6.07, 6.45) is 1.23. The molecule has 0 spiro atoms. The van der Waals surface area contributed by atoms with Crippen molar-refractivity contribution in [2.24, 2.45) is 5.92 Å². The fourth-order valence-corrected chi connectivity index (χ4v) is 2.08. The van der Waals surface area contributed by atoms with Crippen LogP contribution in [-0.2, 0) is 11.3 Å². The maximum Gasteiger partial charge on any atom is 0.234 e. The predicted octanol–water partition coefficient (Wildman–Crippen LogP) is 2.02. The monoisotopic (exact) mass is 250 g/mol. The maximum atomic E-state index is 11.4. The molecule has 0 bridgehead atoms. The van der Waals surface area contributed by atoms with Crippen molar-refractivity contribution in [3.63, 3.8) is 0 Å². The van der Waals surface area contributed by atoms with Gasteiger partial charge < -0.3 is 15.1 Å². The molecule has 2 unspecified atom stereocenters. The van der Waals surface area contributed by atoms with E-state index in [9.17, 15) is 4.79 Å². The second-order valence-corrected chi connectivity index (χ2v) is 5.45. The number of hydrogen-bond acceptors (Lipinski definition) is 3. The van der Waals surface area contributed by atoms with Gasteiger partial charge in [-0.05, 0) is 38.3 Å². The Kier molecular flexibility index (Phi) is 4.07. The number of rotatable bonds is 6. The van der Waals surface area contributed by atoms with Gasteiger partial charge in [0.05, 0.1) is 13.1 Å². The summed E-state index contributed by atoms with van der Waals surface area (Å²) in [5.74, 6) is 3.39.